The average molecular weight is 286 g/mol. The largest absolute Gasteiger partial charge is 0.458 e. The van der Waals surface area contributed by atoms with Crippen molar-refractivity contribution in [3.05, 3.63) is 28.2 Å². The zero-order chi connectivity index (χ0) is 12.3. The molecule has 0 amide bonds. The van der Waals surface area contributed by atoms with Crippen LogP contribution in [0, 0.1) is 0 Å². The van der Waals surface area contributed by atoms with E-state index < -0.39 is 0 Å². The first-order chi connectivity index (χ1) is 7.41. The van der Waals surface area contributed by atoms with Crippen molar-refractivity contribution in [1.29, 1.82) is 0 Å². The lowest BCUT2D eigenvalue weighted by Crippen LogP contribution is -2.10. The molecule has 0 N–H and O–H groups in total. The summed E-state index contributed by atoms with van der Waals surface area (Å²) in [6.07, 6.45) is -0.218. The summed E-state index contributed by atoms with van der Waals surface area (Å²) < 4.78 is 6.11. The van der Waals surface area contributed by atoms with Crippen molar-refractivity contribution in [2.75, 3.05) is 19.0 Å². The Morgan fingerprint density at radius 3 is 2.50 bits per heavy atom. The number of ether oxygens (including phenoxy) is 1. The van der Waals surface area contributed by atoms with E-state index in [1.807, 2.05) is 44.1 Å². The van der Waals surface area contributed by atoms with Gasteiger partial charge in [0.15, 0.2) is 0 Å². The lowest BCUT2D eigenvalue weighted by molar-refractivity contribution is -0.145. The van der Waals surface area contributed by atoms with Crippen LogP contribution >= 0.6 is 15.9 Å². The number of nitrogens with zero attached hydrogens (tertiary/aromatic N) is 1. The minimum absolute atomic E-state index is 0.218. The Balaban J connectivity index is 2.92. The quantitative estimate of drug-likeness (QED) is 0.799. The van der Waals surface area contributed by atoms with Crippen LogP contribution in [0.1, 0.15) is 25.5 Å². The normalized spacial score (nSPS) is 12.1. The summed E-state index contributed by atoms with van der Waals surface area (Å²) in [6, 6.07) is 5.94. The molecule has 1 unspecified atom stereocenters. The van der Waals surface area contributed by atoms with Crippen LogP contribution < -0.4 is 4.90 Å². The van der Waals surface area contributed by atoms with Crippen LogP contribution in [-0.2, 0) is 9.53 Å². The highest BCUT2D eigenvalue weighted by atomic mass is 79.9. The standard InChI is InChI=1S/C12H16BrNO2/c1-8(16-9(2)15)10-5-6-12(14(3)4)11(13)7-10/h5-8H,1-4H3. The summed E-state index contributed by atoms with van der Waals surface area (Å²) in [5, 5.41) is 0. The lowest BCUT2D eigenvalue weighted by atomic mass is 10.1. The highest BCUT2D eigenvalue weighted by Crippen LogP contribution is 2.29. The maximum absolute atomic E-state index is 10.8. The van der Waals surface area contributed by atoms with Crippen molar-refractivity contribution >= 4 is 27.6 Å². The van der Waals surface area contributed by atoms with E-state index in [-0.39, 0.29) is 12.1 Å². The van der Waals surface area contributed by atoms with Gasteiger partial charge in [0, 0.05) is 25.5 Å². The fourth-order valence-corrected chi connectivity index (χ4v) is 2.21. The van der Waals surface area contributed by atoms with E-state index in [1.54, 1.807) is 0 Å². The third kappa shape index (κ3) is 3.23. The van der Waals surface area contributed by atoms with Crippen LogP contribution in [0.2, 0.25) is 0 Å². The topological polar surface area (TPSA) is 29.5 Å². The number of carbonyl (C=O) groups is 1. The molecule has 0 heterocycles. The Morgan fingerprint density at radius 1 is 1.44 bits per heavy atom. The van der Waals surface area contributed by atoms with Gasteiger partial charge >= 0.3 is 5.97 Å². The number of carbonyl (C=O) groups excluding carboxylic acids is 1. The summed E-state index contributed by atoms with van der Waals surface area (Å²) >= 11 is 3.50. The predicted molar refractivity (Wildman–Crippen MR) is 68.7 cm³/mol. The molecule has 1 aromatic carbocycles. The first-order valence-electron chi connectivity index (χ1n) is 5.06. The minimum atomic E-state index is -0.264. The Hall–Kier alpha value is -1.03. The first kappa shape index (κ1) is 13.0. The van der Waals surface area contributed by atoms with Gasteiger partial charge in [0.1, 0.15) is 6.10 Å². The molecular weight excluding hydrogens is 270 g/mol. The lowest BCUT2D eigenvalue weighted by Gasteiger charge is -2.17. The van der Waals surface area contributed by atoms with Gasteiger partial charge in [-0.25, -0.2) is 0 Å². The van der Waals surface area contributed by atoms with Crippen molar-refractivity contribution < 1.29 is 9.53 Å². The van der Waals surface area contributed by atoms with Crippen LogP contribution in [0.15, 0.2) is 22.7 Å². The summed E-state index contributed by atoms with van der Waals surface area (Å²) in [4.78, 5) is 12.9. The van der Waals surface area contributed by atoms with Gasteiger partial charge in [-0.1, -0.05) is 6.07 Å². The van der Waals surface area contributed by atoms with Crippen LogP contribution in [0.5, 0.6) is 0 Å². The SMILES string of the molecule is CC(=O)OC(C)c1ccc(N(C)C)c(Br)c1. The summed E-state index contributed by atoms with van der Waals surface area (Å²) in [6.45, 7) is 3.28. The monoisotopic (exact) mass is 285 g/mol. The van der Waals surface area contributed by atoms with E-state index >= 15 is 0 Å². The second-order valence-electron chi connectivity index (χ2n) is 3.86. The molecule has 0 spiro atoms. The molecule has 3 nitrogen and oxygen atoms in total. The van der Waals surface area contributed by atoms with Crippen molar-refractivity contribution in [1.82, 2.24) is 0 Å². The van der Waals surface area contributed by atoms with Crippen molar-refractivity contribution in [3.63, 3.8) is 0 Å². The summed E-state index contributed by atoms with van der Waals surface area (Å²) in [7, 11) is 3.96. The highest BCUT2D eigenvalue weighted by Gasteiger charge is 2.11. The second kappa shape index (κ2) is 5.34. The first-order valence-corrected chi connectivity index (χ1v) is 5.85. The molecule has 0 radical (unpaired) electrons. The fraction of sp³-hybridized carbons (Fsp3) is 0.417. The zero-order valence-corrected chi connectivity index (χ0v) is 11.5. The van der Waals surface area contributed by atoms with Gasteiger partial charge in [-0.2, -0.15) is 0 Å². The molecule has 88 valence electrons. The summed E-state index contributed by atoms with van der Waals surface area (Å²) in [5.74, 6) is -0.264. The molecule has 0 saturated heterocycles. The number of halogens is 1. The molecule has 16 heavy (non-hydrogen) atoms. The van der Waals surface area contributed by atoms with Crippen LogP contribution in [-0.4, -0.2) is 20.1 Å². The van der Waals surface area contributed by atoms with E-state index in [9.17, 15) is 4.79 Å². The highest BCUT2D eigenvalue weighted by molar-refractivity contribution is 9.10. The van der Waals surface area contributed by atoms with Crippen LogP contribution in [0.25, 0.3) is 0 Å². The van der Waals surface area contributed by atoms with E-state index in [0.29, 0.717) is 0 Å². The third-order valence-corrected chi connectivity index (χ3v) is 2.90. The number of rotatable bonds is 3. The Bertz CT molecular complexity index is 391. The Labute approximate surface area is 105 Å². The van der Waals surface area contributed by atoms with Gasteiger partial charge in [0.25, 0.3) is 0 Å². The molecule has 0 aliphatic heterocycles. The molecule has 1 rings (SSSR count). The van der Waals surface area contributed by atoms with Crippen LogP contribution in [0.4, 0.5) is 5.69 Å². The van der Waals surface area contributed by atoms with Gasteiger partial charge in [0.2, 0.25) is 0 Å². The van der Waals surface area contributed by atoms with Gasteiger partial charge in [-0.15, -0.1) is 0 Å². The van der Waals surface area contributed by atoms with Crippen LogP contribution in [0.3, 0.4) is 0 Å². The molecule has 0 aromatic heterocycles. The summed E-state index contributed by atoms with van der Waals surface area (Å²) in [5.41, 5.74) is 2.08. The van der Waals surface area contributed by atoms with Crippen molar-refractivity contribution in [2.24, 2.45) is 0 Å². The van der Waals surface area contributed by atoms with Gasteiger partial charge < -0.3 is 9.64 Å². The number of hydrogen-bond donors (Lipinski definition) is 0. The maximum atomic E-state index is 10.8. The van der Waals surface area contributed by atoms with Crippen molar-refractivity contribution in [2.45, 2.75) is 20.0 Å². The number of anilines is 1. The smallest absolute Gasteiger partial charge is 0.303 e. The zero-order valence-electron chi connectivity index (χ0n) is 9.95. The van der Waals surface area contributed by atoms with E-state index in [4.69, 9.17) is 4.74 Å². The average Bonchev–Trinajstić information content (AvgIpc) is 2.15. The molecule has 0 aliphatic rings. The van der Waals surface area contributed by atoms with E-state index in [1.165, 1.54) is 6.92 Å². The molecule has 0 aliphatic carbocycles. The molecular formula is C12H16BrNO2. The van der Waals surface area contributed by atoms with Gasteiger partial charge in [-0.05, 0) is 40.5 Å². The fourth-order valence-electron chi connectivity index (χ4n) is 1.46. The minimum Gasteiger partial charge on any atom is -0.458 e. The van der Waals surface area contributed by atoms with Gasteiger partial charge in [-0.3, -0.25) is 4.79 Å². The second-order valence-corrected chi connectivity index (χ2v) is 4.71. The number of benzene rings is 1. The third-order valence-electron chi connectivity index (χ3n) is 2.27. The predicted octanol–water partition coefficient (Wildman–Crippen LogP) is 3.14. The Kier molecular flexibility index (Phi) is 4.35. The molecule has 1 aromatic rings. The molecule has 0 fully saturated rings. The van der Waals surface area contributed by atoms with E-state index in [2.05, 4.69) is 15.9 Å². The molecule has 1 atom stereocenters. The van der Waals surface area contributed by atoms with E-state index in [0.717, 1.165) is 15.7 Å². The maximum Gasteiger partial charge on any atom is 0.303 e. The number of esters is 1. The van der Waals surface area contributed by atoms with Crippen molar-refractivity contribution in [3.8, 4) is 0 Å². The number of hydrogen-bond acceptors (Lipinski definition) is 3. The molecule has 0 saturated carbocycles. The molecule has 4 heteroatoms. The Morgan fingerprint density at radius 2 is 2.06 bits per heavy atom. The molecule has 0 bridgehead atoms. The van der Waals surface area contributed by atoms with Gasteiger partial charge in [0.05, 0.1) is 5.69 Å².